The van der Waals surface area contributed by atoms with Gasteiger partial charge in [-0.15, -0.1) is 0 Å². The molecule has 0 aliphatic carbocycles. The maximum absolute atomic E-state index is 12.0. The van der Waals surface area contributed by atoms with Crippen LogP contribution in [-0.4, -0.2) is 19.5 Å². The summed E-state index contributed by atoms with van der Waals surface area (Å²) in [6.45, 7) is 0.934. The van der Waals surface area contributed by atoms with Gasteiger partial charge in [-0.2, -0.15) is 0 Å². The van der Waals surface area contributed by atoms with Crippen LogP contribution in [0.3, 0.4) is 0 Å². The highest BCUT2D eigenvalue weighted by Crippen LogP contribution is 2.38. The van der Waals surface area contributed by atoms with Gasteiger partial charge >= 0.3 is 0 Å². The van der Waals surface area contributed by atoms with Crippen LogP contribution in [0.4, 0.5) is 17.1 Å². The van der Waals surface area contributed by atoms with E-state index in [-0.39, 0.29) is 12.5 Å². The zero-order chi connectivity index (χ0) is 14.8. The third-order valence-electron chi connectivity index (χ3n) is 3.51. The summed E-state index contributed by atoms with van der Waals surface area (Å²) in [6, 6.07) is 13.6. The molecule has 21 heavy (non-hydrogen) atoms. The van der Waals surface area contributed by atoms with Crippen LogP contribution in [0.25, 0.3) is 0 Å². The number of carbonyl (C=O) groups excluding carboxylic acids is 1. The van der Waals surface area contributed by atoms with E-state index in [9.17, 15) is 4.79 Å². The van der Waals surface area contributed by atoms with Crippen molar-refractivity contribution in [1.29, 1.82) is 0 Å². The monoisotopic (exact) mass is 301 g/mol. The Labute approximate surface area is 128 Å². The predicted octanol–water partition coefficient (Wildman–Crippen LogP) is 3.15. The van der Waals surface area contributed by atoms with Crippen molar-refractivity contribution < 1.29 is 4.79 Å². The number of amides is 1. The molecule has 1 aliphatic heterocycles. The lowest BCUT2D eigenvalue weighted by molar-refractivity contribution is -0.115. The molecule has 0 spiro atoms. The molecule has 1 aliphatic rings. The Morgan fingerprint density at radius 2 is 1.95 bits per heavy atom. The average Bonchev–Trinajstić information content (AvgIpc) is 2.48. The van der Waals surface area contributed by atoms with Gasteiger partial charge in [0, 0.05) is 22.8 Å². The highest BCUT2D eigenvalue weighted by atomic mass is 35.5. The first-order valence-corrected chi connectivity index (χ1v) is 7.17. The minimum absolute atomic E-state index is 0.0240. The second-order valence-corrected chi connectivity index (χ2v) is 5.33. The third-order valence-corrected chi connectivity index (χ3v) is 3.86. The lowest BCUT2D eigenvalue weighted by atomic mass is 10.1. The number of anilines is 3. The SMILES string of the molecule is CNCc1c(Cl)cccc1N1CC(=O)Nc2ccccc21. The van der Waals surface area contributed by atoms with Gasteiger partial charge in [0.1, 0.15) is 6.54 Å². The van der Waals surface area contributed by atoms with Crippen molar-refractivity contribution >= 4 is 34.6 Å². The zero-order valence-electron chi connectivity index (χ0n) is 11.7. The van der Waals surface area contributed by atoms with E-state index in [1.807, 2.05) is 54.4 Å². The van der Waals surface area contributed by atoms with Gasteiger partial charge in [-0.3, -0.25) is 4.79 Å². The number of benzene rings is 2. The molecule has 4 nitrogen and oxygen atoms in total. The molecule has 3 rings (SSSR count). The Morgan fingerprint density at radius 3 is 2.76 bits per heavy atom. The van der Waals surface area contributed by atoms with E-state index in [0.29, 0.717) is 11.6 Å². The normalized spacial score (nSPS) is 13.8. The molecule has 0 fully saturated rings. The van der Waals surface area contributed by atoms with E-state index in [1.54, 1.807) is 0 Å². The first kappa shape index (κ1) is 13.9. The average molecular weight is 302 g/mol. The number of nitrogens with one attached hydrogen (secondary N) is 2. The molecule has 0 bridgehead atoms. The predicted molar refractivity (Wildman–Crippen MR) is 86.3 cm³/mol. The van der Waals surface area contributed by atoms with Crippen molar-refractivity contribution in [2.24, 2.45) is 0 Å². The van der Waals surface area contributed by atoms with Crippen LogP contribution in [0.15, 0.2) is 42.5 Å². The Balaban J connectivity index is 2.13. The molecule has 0 atom stereocenters. The van der Waals surface area contributed by atoms with Crippen molar-refractivity contribution in [1.82, 2.24) is 5.32 Å². The van der Waals surface area contributed by atoms with Crippen LogP contribution in [-0.2, 0) is 11.3 Å². The summed E-state index contributed by atoms with van der Waals surface area (Å²) < 4.78 is 0. The van der Waals surface area contributed by atoms with Gasteiger partial charge in [0.2, 0.25) is 5.91 Å². The number of carbonyl (C=O) groups is 1. The number of rotatable bonds is 3. The van der Waals surface area contributed by atoms with Crippen LogP contribution < -0.4 is 15.5 Å². The number of halogens is 1. The van der Waals surface area contributed by atoms with Crippen molar-refractivity contribution in [3.63, 3.8) is 0 Å². The maximum Gasteiger partial charge on any atom is 0.244 e. The smallest absolute Gasteiger partial charge is 0.244 e. The second-order valence-electron chi connectivity index (χ2n) is 4.92. The van der Waals surface area contributed by atoms with Crippen molar-refractivity contribution in [3.05, 3.63) is 53.1 Å². The number of fused-ring (bicyclic) bond motifs is 1. The first-order valence-electron chi connectivity index (χ1n) is 6.79. The topological polar surface area (TPSA) is 44.4 Å². The molecule has 2 aromatic carbocycles. The van der Waals surface area contributed by atoms with E-state index >= 15 is 0 Å². The van der Waals surface area contributed by atoms with Crippen molar-refractivity contribution in [2.75, 3.05) is 23.8 Å². The van der Waals surface area contributed by atoms with Crippen LogP contribution in [0, 0.1) is 0 Å². The first-order chi connectivity index (χ1) is 10.2. The van der Waals surface area contributed by atoms with E-state index in [4.69, 9.17) is 11.6 Å². The lowest BCUT2D eigenvalue weighted by Gasteiger charge is -2.32. The van der Waals surface area contributed by atoms with Crippen LogP contribution in [0.2, 0.25) is 5.02 Å². The van der Waals surface area contributed by atoms with Gasteiger partial charge in [-0.1, -0.05) is 29.8 Å². The molecule has 0 saturated heterocycles. The van der Waals surface area contributed by atoms with E-state index in [2.05, 4.69) is 10.6 Å². The maximum atomic E-state index is 12.0. The fraction of sp³-hybridized carbons (Fsp3) is 0.188. The molecule has 5 heteroatoms. The van der Waals surface area contributed by atoms with Crippen molar-refractivity contribution in [3.8, 4) is 0 Å². The van der Waals surface area contributed by atoms with Crippen LogP contribution in [0.1, 0.15) is 5.56 Å². The molecular weight excluding hydrogens is 286 g/mol. The van der Waals surface area contributed by atoms with Gasteiger partial charge < -0.3 is 15.5 Å². The summed E-state index contributed by atoms with van der Waals surface area (Å²) in [5.41, 5.74) is 3.76. The van der Waals surface area contributed by atoms with E-state index in [0.717, 1.165) is 22.6 Å². The largest absolute Gasteiger partial charge is 0.330 e. The van der Waals surface area contributed by atoms with E-state index < -0.39 is 0 Å². The zero-order valence-corrected chi connectivity index (χ0v) is 12.4. The Bertz CT molecular complexity index is 687. The minimum Gasteiger partial charge on any atom is -0.330 e. The van der Waals surface area contributed by atoms with Crippen LogP contribution >= 0.6 is 11.6 Å². The summed E-state index contributed by atoms with van der Waals surface area (Å²) >= 11 is 6.32. The quantitative estimate of drug-likeness (QED) is 0.915. The molecule has 0 radical (unpaired) electrons. The third kappa shape index (κ3) is 2.60. The summed E-state index contributed by atoms with van der Waals surface area (Å²) in [4.78, 5) is 14.0. The Kier molecular flexibility index (Phi) is 3.82. The fourth-order valence-electron chi connectivity index (χ4n) is 2.60. The number of nitrogens with zero attached hydrogens (tertiary/aromatic N) is 1. The molecule has 1 amide bonds. The highest BCUT2D eigenvalue weighted by Gasteiger charge is 2.24. The summed E-state index contributed by atoms with van der Waals surface area (Å²) in [6.07, 6.45) is 0. The number of hydrogen-bond donors (Lipinski definition) is 2. The molecule has 0 unspecified atom stereocenters. The van der Waals surface area contributed by atoms with Gasteiger partial charge in [-0.25, -0.2) is 0 Å². The van der Waals surface area contributed by atoms with Gasteiger partial charge in [0.05, 0.1) is 11.4 Å². The standard InChI is InChI=1S/C16H16ClN3O/c1-18-9-11-12(17)5-4-8-14(11)20-10-16(21)19-13-6-2-3-7-15(13)20/h2-8,18H,9-10H2,1H3,(H,19,21). The van der Waals surface area contributed by atoms with Gasteiger partial charge in [0.25, 0.3) is 0 Å². The summed E-state index contributed by atoms with van der Waals surface area (Å²) in [5, 5.41) is 6.72. The number of para-hydroxylation sites is 2. The van der Waals surface area contributed by atoms with E-state index in [1.165, 1.54) is 0 Å². The molecule has 1 heterocycles. The summed E-state index contributed by atoms with van der Waals surface area (Å²) in [5.74, 6) is -0.0240. The molecule has 2 aromatic rings. The molecule has 2 N–H and O–H groups in total. The summed E-state index contributed by atoms with van der Waals surface area (Å²) in [7, 11) is 1.88. The van der Waals surface area contributed by atoms with Crippen LogP contribution in [0.5, 0.6) is 0 Å². The second kappa shape index (κ2) is 5.76. The van der Waals surface area contributed by atoms with Crippen molar-refractivity contribution in [2.45, 2.75) is 6.54 Å². The number of hydrogen-bond acceptors (Lipinski definition) is 3. The fourth-order valence-corrected chi connectivity index (χ4v) is 2.84. The molecule has 0 aromatic heterocycles. The molecular formula is C16H16ClN3O. The highest BCUT2D eigenvalue weighted by molar-refractivity contribution is 6.31. The lowest BCUT2D eigenvalue weighted by Crippen LogP contribution is -2.35. The minimum atomic E-state index is -0.0240. The van der Waals surface area contributed by atoms with Gasteiger partial charge in [0.15, 0.2) is 0 Å². The Morgan fingerprint density at radius 1 is 1.19 bits per heavy atom. The Hall–Kier alpha value is -2.04. The van der Waals surface area contributed by atoms with Gasteiger partial charge in [-0.05, 0) is 31.3 Å². The molecule has 108 valence electrons. The molecule has 0 saturated carbocycles.